The van der Waals surface area contributed by atoms with Crippen molar-refractivity contribution in [2.75, 3.05) is 18.5 Å². The number of carbonyl (C=O) groups is 1. The summed E-state index contributed by atoms with van der Waals surface area (Å²) >= 11 is 0. The molecule has 0 aliphatic carbocycles. The molecule has 0 bridgehead atoms. The highest BCUT2D eigenvalue weighted by Crippen LogP contribution is 2.22. The van der Waals surface area contributed by atoms with E-state index in [1.165, 1.54) is 0 Å². The Balaban J connectivity index is 1.47. The molecule has 0 radical (unpaired) electrons. The smallest absolute Gasteiger partial charge is 0.262 e. The summed E-state index contributed by atoms with van der Waals surface area (Å²) in [5.74, 6) is 1.72. The zero-order valence-corrected chi connectivity index (χ0v) is 16.2. The van der Waals surface area contributed by atoms with E-state index in [9.17, 15) is 4.79 Å². The number of carbonyl (C=O) groups excluding carboxylic acids is 1. The Labute approximate surface area is 166 Å². The van der Waals surface area contributed by atoms with Gasteiger partial charge in [0.05, 0.1) is 6.61 Å². The summed E-state index contributed by atoms with van der Waals surface area (Å²) in [5, 5.41) is 2.82. The van der Waals surface area contributed by atoms with E-state index in [-0.39, 0.29) is 12.5 Å². The van der Waals surface area contributed by atoms with Crippen LogP contribution in [0.3, 0.4) is 0 Å². The van der Waals surface area contributed by atoms with E-state index in [1.807, 2.05) is 66.7 Å². The molecule has 3 aromatic carbocycles. The molecular formula is C24H25NO3. The number of anilines is 1. The minimum Gasteiger partial charge on any atom is -0.493 e. The first kappa shape index (κ1) is 19.5. The van der Waals surface area contributed by atoms with E-state index in [2.05, 4.69) is 31.3 Å². The maximum absolute atomic E-state index is 12.1. The molecule has 28 heavy (non-hydrogen) atoms. The van der Waals surface area contributed by atoms with Gasteiger partial charge in [0.15, 0.2) is 6.61 Å². The van der Waals surface area contributed by atoms with Gasteiger partial charge < -0.3 is 14.8 Å². The number of ether oxygens (including phenoxy) is 2. The van der Waals surface area contributed by atoms with Crippen molar-refractivity contribution in [2.45, 2.75) is 13.8 Å². The zero-order valence-electron chi connectivity index (χ0n) is 16.2. The van der Waals surface area contributed by atoms with Gasteiger partial charge in [-0.15, -0.1) is 0 Å². The minimum absolute atomic E-state index is 0.0454. The highest BCUT2D eigenvalue weighted by atomic mass is 16.5. The van der Waals surface area contributed by atoms with Crippen LogP contribution in [-0.2, 0) is 4.79 Å². The van der Waals surface area contributed by atoms with Crippen LogP contribution >= 0.6 is 0 Å². The Morgan fingerprint density at radius 2 is 1.36 bits per heavy atom. The van der Waals surface area contributed by atoms with Crippen LogP contribution in [-0.4, -0.2) is 19.1 Å². The predicted octanol–water partition coefficient (Wildman–Crippen LogP) is 5.41. The van der Waals surface area contributed by atoms with E-state index in [0.29, 0.717) is 24.0 Å². The summed E-state index contributed by atoms with van der Waals surface area (Å²) in [4.78, 5) is 12.1. The van der Waals surface area contributed by atoms with Gasteiger partial charge in [-0.1, -0.05) is 56.3 Å². The molecule has 0 atom stereocenters. The van der Waals surface area contributed by atoms with Gasteiger partial charge in [-0.3, -0.25) is 4.79 Å². The molecular weight excluding hydrogens is 350 g/mol. The molecule has 0 aliphatic rings. The molecule has 0 saturated heterocycles. The summed E-state index contributed by atoms with van der Waals surface area (Å²) in [6.45, 7) is 4.83. The highest BCUT2D eigenvalue weighted by Gasteiger charge is 2.05. The minimum atomic E-state index is -0.206. The molecule has 4 nitrogen and oxygen atoms in total. The SMILES string of the molecule is CC(C)COc1ccc(NC(=O)COc2ccc(-c3ccccc3)cc2)cc1. The van der Waals surface area contributed by atoms with E-state index in [1.54, 1.807) is 0 Å². The Kier molecular flexibility index (Phi) is 6.68. The molecule has 0 aliphatic heterocycles. The molecule has 0 saturated carbocycles. The van der Waals surface area contributed by atoms with Gasteiger partial charge in [-0.05, 0) is 53.4 Å². The fourth-order valence-corrected chi connectivity index (χ4v) is 2.62. The molecule has 144 valence electrons. The molecule has 3 aromatic rings. The third-order valence-corrected chi connectivity index (χ3v) is 4.05. The van der Waals surface area contributed by atoms with Crippen LogP contribution in [0.15, 0.2) is 78.9 Å². The molecule has 3 rings (SSSR count). The molecule has 1 amide bonds. The van der Waals surface area contributed by atoms with Crippen molar-refractivity contribution < 1.29 is 14.3 Å². The van der Waals surface area contributed by atoms with Crippen molar-refractivity contribution in [1.82, 2.24) is 0 Å². The molecule has 0 heterocycles. The summed E-state index contributed by atoms with van der Waals surface area (Å²) in [6.07, 6.45) is 0. The van der Waals surface area contributed by atoms with Crippen LogP contribution in [0.2, 0.25) is 0 Å². The zero-order chi connectivity index (χ0) is 19.8. The van der Waals surface area contributed by atoms with E-state index < -0.39 is 0 Å². The first-order chi connectivity index (χ1) is 13.6. The normalized spacial score (nSPS) is 10.5. The van der Waals surface area contributed by atoms with Gasteiger partial charge in [0.25, 0.3) is 5.91 Å². The topological polar surface area (TPSA) is 47.6 Å². The lowest BCUT2D eigenvalue weighted by atomic mass is 10.1. The molecule has 0 unspecified atom stereocenters. The fraction of sp³-hybridized carbons (Fsp3) is 0.208. The first-order valence-electron chi connectivity index (χ1n) is 9.41. The third kappa shape index (κ3) is 5.88. The van der Waals surface area contributed by atoms with Gasteiger partial charge >= 0.3 is 0 Å². The van der Waals surface area contributed by atoms with Gasteiger partial charge in [0, 0.05) is 5.69 Å². The number of hydrogen-bond donors (Lipinski definition) is 1. The molecule has 1 N–H and O–H groups in total. The maximum Gasteiger partial charge on any atom is 0.262 e. The van der Waals surface area contributed by atoms with Gasteiger partial charge in [0.2, 0.25) is 0 Å². The van der Waals surface area contributed by atoms with Crippen molar-refractivity contribution in [3.63, 3.8) is 0 Å². The predicted molar refractivity (Wildman–Crippen MR) is 113 cm³/mol. The standard InChI is InChI=1S/C24H25NO3/c1-18(2)16-27-23-14-10-21(11-15-23)25-24(26)17-28-22-12-8-20(9-13-22)19-6-4-3-5-7-19/h3-15,18H,16-17H2,1-2H3,(H,25,26). The van der Waals surface area contributed by atoms with E-state index in [0.717, 1.165) is 16.9 Å². The Morgan fingerprint density at radius 3 is 2.00 bits per heavy atom. The highest BCUT2D eigenvalue weighted by molar-refractivity contribution is 5.91. The Bertz CT molecular complexity index is 872. The molecule has 0 fully saturated rings. The first-order valence-corrected chi connectivity index (χ1v) is 9.41. The molecule has 4 heteroatoms. The number of benzene rings is 3. The van der Waals surface area contributed by atoms with Crippen molar-refractivity contribution in [3.8, 4) is 22.6 Å². The second-order valence-electron chi connectivity index (χ2n) is 6.96. The van der Waals surface area contributed by atoms with Crippen molar-refractivity contribution in [1.29, 1.82) is 0 Å². The maximum atomic E-state index is 12.1. The van der Waals surface area contributed by atoms with Gasteiger partial charge in [-0.2, -0.15) is 0 Å². The van der Waals surface area contributed by atoms with Crippen LogP contribution in [0.25, 0.3) is 11.1 Å². The Hall–Kier alpha value is -3.27. The number of rotatable bonds is 8. The second-order valence-corrected chi connectivity index (χ2v) is 6.96. The quantitative estimate of drug-likeness (QED) is 0.573. The largest absolute Gasteiger partial charge is 0.493 e. The summed E-state index contributed by atoms with van der Waals surface area (Å²) in [6, 6.07) is 25.2. The molecule has 0 spiro atoms. The average Bonchev–Trinajstić information content (AvgIpc) is 2.73. The van der Waals surface area contributed by atoms with Gasteiger partial charge in [0.1, 0.15) is 11.5 Å². The van der Waals surface area contributed by atoms with Crippen molar-refractivity contribution >= 4 is 11.6 Å². The number of nitrogens with one attached hydrogen (secondary N) is 1. The summed E-state index contributed by atoms with van der Waals surface area (Å²) in [7, 11) is 0. The van der Waals surface area contributed by atoms with E-state index >= 15 is 0 Å². The monoisotopic (exact) mass is 375 g/mol. The molecule has 0 aromatic heterocycles. The Morgan fingerprint density at radius 1 is 0.786 bits per heavy atom. The van der Waals surface area contributed by atoms with Crippen molar-refractivity contribution in [2.24, 2.45) is 5.92 Å². The number of hydrogen-bond acceptors (Lipinski definition) is 3. The summed E-state index contributed by atoms with van der Waals surface area (Å²) < 4.78 is 11.2. The lowest BCUT2D eigenvalue weighted by Crippen LogP contribution is -2.20. The van der Waals surface area contributed by atoms with Crippen LogP contribution in [0.5, 0.6) is 11.5 Å². The third-order valence-electron chi connectivity index (χ3n) is 4.05. The lowest BCUT2D eigenvalue weighted by molar-refractivity contribution is -0.118. The fourth-order valence-electron chi connectivity index (χ4n) is 2.62. The van der Waals surface area contributed by atoms with Crippen LogP contribution in [0, 0.1) is 5.92 Å². The van der Waals surface area contributed by atoms with Crippen molar-refractivity contribution in [3.05, 3.63) is 78.9 Å². The van der Waals surface area contributed by atoms with Crippen LogP contribution in [0.1, 0.15) is 13.8 Å². The second kappa shape index (κ2) is 9.60. The average molecular weight is 375 g/mol. The summed E-state index contributed by atoms with van der Waals surface area (Å²) in [5.41, 5.74) is 2.97. The van der Waals surface area contributed by atoms with Crippen LogP contribution < -0.4 is 14.8 Å². The van der Waals surface area contributed by atoms with Gasteiger partial charge in [-0.25, -0.2) is 0 Å². The van der Waals surface area contributed by atoms with Crippen LogP contribution in [0.4, 0.5) is 5.69 Å². The van der Waals surface area contributed by atoms with E-state index in [4.69, 9.17) is 9.47 Å². The number of amides is 1. The lowest BCUT2D eigenvalue weighted by Gasteiger charge is -2.10.